The number of nitrogens with zero attached hydrogens (tertiary/aromatic N) is 2. The lowest BCUT2D eigenvalue weighted by Gasteiger charge is -2.23. The van der Waals surface area contributed by atoms with E-state index in [1.807, 2.05) is 12.1 Å². The lowest BCUT2D eigenvalue weighted by molar-refractivity contribution is -0.136. The Hall–Kier alpha value is -3.13. The molecule has 1 aliphatic heterocycles. The molecule has 2 heterocycles. The van der Waals surface area contributed by atoms with Gasteiger partial charge in [-0.2, -0.15) is 0 Å². The van der Waals surface area contributed by atoms with E-state index in [0.29, 0.717) is 23.6 Å². The van der Waals surface area contributed by atoms with Gasteiger partial charge in [0.15, 0.2) is 0 Å². The van der Waals surface area contributed by atoms with E-state index in [-0.39, 0.29) is 18.0 Å². The van der Waals surface area contributed by atoms with Gasteiger partial charge in [0, 0.05) is 17.3 Å². The predicted octanol–water partition coefficient (Wildman–Crippen LogP) is 2.74. The van der Waals surface area contributed by atoms with Crippen LogP contribution < -0.4 is 16.2 Å². The molecule has 1 atom stereocenters. The van der Waals surface area contributed by atoms with E-state index in [2.05, 4.69) is 10.6 Å². The Morgan fingerprint density at radius 3 is 2.58 bits per heavy atom. The number of hydrogen-bond acceptors (Lipinski definition) is 4. The number of amides is 4. The minimum absolute atomic E-state index is 0.243. The molecular weight excluding hydrogens is 420 g/mol. The molecule has 1 saturated heterocycles. The molecule has 162 valence electrons. The Labute approximate surface area is 184 Å². The topological polar surface area (TPSA) is 101 Å². The molecule has 0 radical (unpaired) electrons. The van der Waals surface area contributed by atoms with Gasteiger partial charge >= 0.3 is 6.03 Å². The van der Waals surface area contributed by atoms with Crippen LogP contribution in [-0.2, 0) is 16.1 Å². The second-order valence-corrected chi connectivity index (χ2v) is 8.44. The van der Waals surface area contributed by atoms with Gasteiger partial charge in [0.05, 0.1) is 12.2 Å². The van der Waals surface area contributed by atoms with Crippen molar-refractivity contribution in [3.63, 3.8) is 0 Å². The number of rotatable bonds is 5. The SMILES string of the molecule is CC(C(=O)Nc1ccc(=O)n(Cc2ccccc2Cl)c1)N1C(=O)NC2(CCCC2)C1=O. The number of pyridine rings is 1. The highest BCUT2D eigenvalue weighted by Gasteiger charge is 2.54. The summed E-state index contributed by atoms with van der Waals surface area (Å²) in [5.41, 5.74) is 0.0343. The molecule has 2 fully saturated rings. The maximum absolute atomic E-state index is 12.9. The first-order chi connectivity index (χ1) is 14.8. The van der Waals surface area contributed by atoms with Gasteiger partial charge in [-0.1, -0.05) is 42.6 Å². The summed E-state index contributed by atoms with van der Waals surface area (Å²) in [6, 6.07) is 8.49. The van der Waals surface area contributed by atoms with Crippen LogP contribution in [0.25, 0.3) is 0 Å². The number of hydrogen-bond donors (Lipinski definition) is 2. The molecule has 1 aliphatic carbocycles. The number of aromatic nitrogens is 1. The summed E-state index contributed by atoms with van der Waals surface area (Å²) in [6.45, 7) is 1.76. The largest absolute Gasteiger partial charge is 0.325 e. The van der Waals surface area contributed by atoms with Gasteiger partial charge in [0.1, 0.15) is 11.6 Å². The molecule has 9 heteroatoms. The molecule has 2 aliphatic rings. The van der Waals surface area contributed by atoms with Gasteiger partial charge < -0.3 is 15.2 Å². The van der Waals surface area contributed by atoms with Crippen molar-refractivity contribution in [1.29, 1.82) is 0 Å². The second kappa shape index (κ2) is 8.19. The van der Waals surface area contributed by atoms with Crippen LogP contribution in [0.4, 0.5) is 10.5 Å². The molecule has 2 aromatic rings. The first-order valence-corrected chi connectivity index (χ1v) is 10.6. The van der Waals surface area contributed by atoms with E-state index in [4.69, 9.17) is 11.6 Å². The molecular formula is C22H23ClN4O4. The minimum atomic E-state index is -0.989. The zero-order valence-corrected chi connectivity index (χ0v) is 17.8. The van der Waals surface area contributed by atoms with Crippen molar-refractivity contribution >= 4 is 35.1 Å². The average molecular weight is 443 g/mol. The number of anilines is 1. The highest BCUT2D eigenvalue weighted by molar-refractivity contribution is 6.31. The Bertz CT molecular complexity index is 1110. The van der Waals surface area contributed by atoms with E-state index in [1.54, 1.807) is 12.1 Å². The Kier molecular flexibility index (Phi) is 5.58. The fourth-order valence-electron chi connectivity index (χ4n) is 4.21. The van der Waals surface area contributed by atoms with Crippen molar-refractivity contribution in [2.45, 2.75) is 50.7 Å². The molecule has 0 bridgehead atoms. The third kappa shape index (κ3) is 3.95. The average Bonchev–Trinajstić information content (AvgIpc) is 3.30. The van der Waals surface area contributed by atoms with Gasteiger partial charge in [-0.15, -0.1) is 0 Å². The Morgan fingerprint density at radius 2 is 1.87 bits per heavy atom. The quantitative estimate of drug-likeness (QED) is 0.695. The van der Waals surface area contributed by atoms with E-state index in [1.165, 1.54) is 29.8 Å². The minimum Gasteiger partial charge on any atom is -0.323 e. The van der Waals surface area contributed by atoms with E-state index in [9.17, 15) is 19.2 Å². The summed E-state index contributed by atoms with van der Waals surface area (Å²) in [7, 11) is 0. The predicted molar refractivity (Wildman–Crippen MR) is 116 cm³/mol. The van der Waals surface area contributed by atoms with Crippen LogP contribution in [0.3, 0.4) is 0 Å². The summed E-state index contributed by atoms with van der Waals surface area (Å²) < 4.78 is 1.43. The maximum atomic E-state index is 12.9. The van der Waals surface area contributed by atoms with Crippen LogP contribution in [-0.4, -0.2) is 38.9 Å². The van der Waals surface area contributed by atoms with Gasteiger partial charge in [-0.25, -0.2) is 9.69 Å². The molecule has 1 unspecified atom stereocenters. The van der Waals surface area contributed by atoms with Crippen molar-refractivity contribution < 1.29 is 14.4 Å². The third-order valence-electron chi connectivity index (χ3n) is 5.97. The monoisotopic (exact) mass is 442 g/mol. The fraction of sp³-hybridized carbons (Fsp3) is 0.364. The summed E-state index contributed by atoms with van der Waals surface area (Å²) in [6.07, 6.45) is 4.44. The zero-order chi connectivity index (χ0) is 22.2. The normalized spacial score (nSPS) is 18.3. The van der Waals surface area contributed by atoms with E-state index >= 15 is 0 Å². The number of urea groups is 1. The third-order valence-corrected chi connectivity index (χ3v) is 6.34. The highest BCUT2D eigenvalue weighted by atomic mass is 35.5. The highest BCUT2D eigenvalue weighted by Crippen LogP contribution is 2.35. The summed E-state index contributed by atoms with van der Waals surface area (Å²) in [5, 5.41) is 6.02. The molecule has 4 amide bonds. The lowest BCUT2D eigenvalue weighted by Crippen LogP contribution is -2.48. The number of halogens is 1. The molecule has 1 saturated carbocycles. The number of carbonyl (C=O) groups excluding carboxylic acids is 3. The molecule has 8 nitrogen and oxygen atoms in total. The van der Waals surface area contributed by atoms with Crippen LogP contribution in [0.5, 0.6) is 0 Å². The van der Waals surface area contributed by atoms with Crippen LogP contribution in [0.1, 0.15) is 38.2 Å². The molecule has 1 aromatic carbocycles. The summed E-state index contributed by atoms with van der Waals surface area (Å²) >= 11 is 6.18. The lowest BCUT2D eigenvalue weighted by atomic mass is 9.97. The van der Waals surface area contributed by atoms with Gasteiger partial charge in [0.2, 0.25) is 5.91 Å². The fourth-order valence-corrected chi connectivity index (χ4v) is 4.41. The smallest absolute Gasteiger partial charge is 0.323 e. The molecule has 4 rings (SSSR count). The van der Waals surface area contributed by atoms with E-state index < -0.39 is 23.5 Å². The first kappa shape index (κ1) is 21.1. The Morgan fingerprint density at radius 1 is 1.16 bits per heavy atom. The maximum Gasteiger partial charge on any atom is 0.325 e. The Balaban J connectivity index is 1.50. The first-order valence-electron chi connectivity index (χ1n) is 10.2. The van der Waals surface area contributed by atoms with Crippen molar-refractivity contribution in [2.75, 3.05) is 5.32 Å². The van der Waals surface area contributed by atoms with Crippen molar-refractivity contribution in [2.24, 2.45) is 0 Å². The van der Waals surface area contributed by atoms with Crippen LogP contribution in [0.15, 0.2) is 47.4 Å². The standard InChI is InChI=1S/C22H23ClN4O4/c1-14(27-20(30)22(25-21(27)31)10-4-5-11-22)19(29)24-16-8-9-18(28)26(13-16)12-15-6-2-3-7-17(15)23/h2-3,6-9,13-14H,4-5,10-12H2,1H3,(H,24,29)(H,25,31). The van der Waals surface area contributed by atoms with Crippen molar-refractivity contribution in [1.82, 2.24) is 14.8 Å². The van der Waals surface area contributed by atoms with Gasteiger partial charge in [-0.05, 0) is 37.5 Å². The van der Waals surface area contributed by atoms with Gasteiger partial charge in [0.25, 0.3) is 11.5 Å². The summed E-state index contributed by atoms with van der Waals surface area (Å²) in [4.78, 5) is 51.4. The molecule has 1 aromatic heterocycles. The number of nitrogens with one attached hydrogen (secondary N) is 2. The van der Waals surface area contributed by atoms with Crippen molar-refractivity contribution in [3.05, 3.63) is 63.5 Å². The van der Waals surface area contributed by atoms with Crippen LogP contribution in [0, 0.1) is 0 Å². The molecule has 2 N–H and O–H groups in total. The van der Waals surface area contributed by atoms with Crippen molar-refractivity contribution in [3.8, 4) is 0 Å². The number of benzene rings is 1. The van der Waals surface area contributed by atoms with Crippen LogP contribution >= 0.6 is 11.6 Å². The second-order valence-electron chi connectivity index (χ2n) is 8.04. The van der Waals surface area contributed by atoms with E-state index in [0.717, 1.165) is 23.3 Å². The number of imide groups is 1. The summed E-state index contributed by atoms with van der Waals surface area (Å²) in [5.74, 6) is -0.858. The van der Waals surface area contributed by atoms with Gasteiger partial charge in [-0.3, -0.25) is 14.4 Å². The van der Waals surface area contributed by atoms with Crippen LogP contribution in [0.2, 0.25) is 5.02 Å². The zero-order valence-electron chi connectivity index (χ0n) is 17.1. The molecule has 31 heavy (non-hydrogen) atoms. The molecule has 1 spiro atoms. The number of carbonyl (C=O) groups is 3.